The fraction of sp³-hybridized carbons (Fsp3) is 0.429. The zero-order valence-electron chi connectivity index (χ0n) is 11.9. The highest BCUT2D eigenvalue weighted by Gasteiger charge is 2.25. The molecule has 110 valence electrons. The Hall–Kier alpha value is -2.11. The number of benzene rings is 1. The summed E-state index contributed by atoms with van der Waals surface area (Å²) in [6.45, 7) is 3.57. The third-order valence-electron chi connectivity index (χ3n) is 2.82. The average Bonchev–Trinajstić information content (AvgIpc) is 2.43. The molecule has 20 heavy (non-hydrogen) atoms. The molecule has 1 aromatic rings. The van der Waals surface area contributed by atoms with Gasteiger partial charge in [0, 0.05) is 5.56 Å². The van der Waals surface area contributed by atoms with Gasteiger partial charge in [-0.15, -0.1) is 0 Å². The van der Waals surface area contributed by atoms with Gasteiger partial charge in [0.1, 0.15) is 6.04 Å². The van der Waals surface area contributed by atoms with Crippen molar-refractivity contribution in [3.63, 3.8) is 0 Å². The van der Waals surface area contributed by atoms with Gasteiger partial charge in [0.05, 0.1) is 14.2 Å². The lowest BCUT2D eigenvalue weighted by molar-refractivity contribution is -0.144. The summed E-state index contributed by atoms with van der Waals surface area (Å²) in [7, 11) is 2.57. The lowest BCUT2D eigenvalue weighted by Crippen LogP contribution is -2.45. The minimum absolute atomic E-state index is 0.0307. The Morgan fingerprint density at radius 1 is 1.25 bits per heavy atom. The van der Waals surface area contributed by atoms with Gasteiger partial charge in [-0.25, -0.2) is 9.18 Å². The van der Waals surface area contributed by atoms with E-state index in [1.54, 1.807) is 13.8 Å². The van der Waals surface area contributed by atoms with Crippen molar-refractivity contribution < 1.29 is 23.5 Å². The van der Waals surface area contributed by atoms with Crippen LogP contribution in [0.4, 0.5) is 4.39 Å². The first kappa shape index (κ1) is 15.9. The van der Waals surface area contributed by atoms with Gasteiger partial charge in [-0.1, -0.05) is 13.8 Å². The van der Waals surface area contributed by atoms with E-state index in [4.69, 9.17) is 4.74 Å². The molecule has 0 aliphatic heterocycles. The van der Waals surface area contributed by atoms with Crippen molar-refractivity contribution in [2.75, 3.05) is 14.2 Å². The first-order valence-electron chi connectivity index (χ1n) is 6.13. The number of ether oxygens (including phenoxy) is 2. The molecule has 0 saturated heterocycles. The van der Waals surface area contributed by atoms with Crippen molar-refractivity contribution >= 4 is 11.9 Å². The van der Waals surface area contributed by atoms with Gasteiger partial charge in [0.25, 0.3) is 5.91 Å². The van der Waals surface area contributed by atoms with Crippen LogP contribution in [0, 0.1) is 11.7 Å². The molecular weight excluding hydrogens is 265 g/mol. The zero-order chi connectivity index (χ0) is 15.3. The Bertz CT molecular complexity index is 502. The Balaban J connectivity index is 2.92. The second kappa shape index (κ2) is 6.88. The Kier molecular flexibility index (Phi) is 5.49. The quantitative estimate of drug-likeness (QED) is 0.836. The molecule has 1 N–H and O–H groups in total. The molecule has 0 bridgehead atoms. The number of methoxy groups -OCH3 is 2. The van der Waals surface area contributed by atoms with E-state index < -0.39 is 23.7 Å². The second-order valence-electron chi connectivity index (χ2n) is 4.57. The molecule has 0 radical (unpaired) electrons. The fourth-order valence-electron chi connectivity index (χ4n) is 1.65. The number of hydrogen-bond donors (Lipinski definition) is 1. The number of amides is 1. The predicted molar refractivity (Wildman–Crippen MR) is 71.1 cm³/mol. The molecule has 5 nitrogen and oxygen atoms in total. The average molecular weight is 283 g/mol. The topological polar surface area (TPSA) is 64.6 Å². The van der Waals surface area contributed by atoms with E-state index in [1.807, 2.05) is 0 Å². The lowest BCUT2D eigenvalue weighted by Gasteiger charge is -2.19. The van der Waals surface area contributed by atoms with Crippen molar-refractivity contribution in [3.8, 4) is 5.75 Å². The molecule has 1 atom stereocenters. The van der Waals surface area contributed by atoms with Gasteiger partial charge in [-0.05, 0) is 24.1 Å². The summed E-state index contributed by atoms with van der Waals surface area (Å²) < 4.78 is 22.7. The van der Waals surface area contributed by atoms with Crippen LogP contribution in [-0.2, 0) is 9.53 Å². The van der Waals surface area contributed by atoms with Crippen molar-refractivity contribution in [3.05, 3.63) is 29.6 Å². The van der Waals surface area contributed by atoms with Crippen LogP contribution in [-0.4, -0.2) is 32.1 Å². The van der Waals surface area contributed by atoms with Crippen molar-refractivity contribution in [2.24, 2.45) is 5.92 Å². The maximum atomic E-state index is 13.3. The second-order valence-corrected chi connectivity index (χ2v) is 4.57. The first-order valence-corrected chi connectivity index (χ1v) is 6.13. The van der Waals surface area contributed by atoms with E-state index >= 15 is 0 Å². The number of carbonyl (C=O) groups excluding carboxylic acids is 2. The van der Waals surface area contributed by atoms with Gasteiger partial charge >= 0.3 is 5.97 Å². The molecule has 0 saturated carbocycles. The van der Waals surface area contributed by atoms with E-state index in [2.05, 4.69) is 10.1 Å². The number of halogens is 1. The van der Waals surface area contributed by atoms with Crippen molar-refractivity contribution in [1.29, 1.82) is 0 Å². The third kappa shape index (κ3) is 3.69. The lowest BCUT2D eigenvalue weighted by atomic mass is 10.0. The fourth-order valence-corrected chi connectivity index (χ4v) is 1.65. The predicted octanol–water partition coefficient (Wildman–Crippen LogP) is 1.76. The summed E-state index contributed by atoms with van der Waals surface area (Å²) in [5, 5.41) is 2.56. The Labute approximate surface area is 117 Å². The molecule has 0 aromatic heterocycles. The van der Waals surface area contributed by atoms with E-state index in [1.165, 1.54) is 26.4 Å². The smallest absolute Gasteiger partial charge is 0.328 e. The van der Waals surface area contributed by atoms with Crippen molar-refractivity contribution in [1.82, 2.24) is 5.32 Å². The Morgan fingerprint density at radius 2 is 1.90 bits per heavy atom. The number of carbonyl (C=O) groups is 2. The molecule has 1 amide bonds. The SMILES string of the molecule is COC(=O)C(NC(=O)c1ccc(F)c(OC)c1)C(C)C. The summed E-state index contributed by atoms with van der Waals surface area (Å²) in [6.07, 6.45) is 0. The molecular formula is C14H18FNO4. The maximum absolute atomic E-state index is 13.3. The van der Waals surface area contributed by atoms with Crippen molar-refractivity contribution in [2.45, 2.75) is 19.9 Å². The number of hydrogen-bond acceptors (Lipinski definition) is 4. The van der Waals surface area contributed by atoms with E-state index in [9.17, 15) is 14.0 Å². The van der Waals surface area contributed by atoms with Gasteiger partial charge in [-0.3, -0.25) is 4.79 Å². The molecule has 0 aliphatic carbocycles. The summed E-state index contributed by atoms with van der Waals surface area (Å²) >= 11 is 0. The Morgan fingerprint density at radius 3 is 2.40 bits per heavy atom. The molecule has 1 aromatic carbocycles. The van der Waals surface area contributed by atoms with Crippen LogP contribution in [0.3, 0.4) is 0 Å². The van der Waals surface area contributed by atoms with Crippen LogP contribution in [0.25, 0.3) is 0 Å². The van der Waals surface area contributed by atoms with Crippen LogP contribution in [0.15, 0.2) is 18.2 Å². The summed E-state index contributed by atoms with van der Waals surface area (Å²) in [6, 6.07) is 2.97. The van der Waals surface area contributed by atoms with Crippen LogP contribution in [0.2, 0.25) is 0 Å². The van der Waals surface area contributed by atoms with E-state index in [0.29, 0.717) is 0 Å². The van der Waals surface area contributed by atoms with Gasteiger partial charge < -0.3 is 14.8 Å². The maximum Gasteiger partial charge on any atom is 0.328 e. The molecule has 0 spiro atoms. The summed E-state index contributed by atoms with van der Waals surface area (Å²) in [5.41, 5.74) is 0.206. The minimum Gasteiger partial charge on any atom is -0.494 e. The standard InChI is InChI=1S/C14H18FNO4/c1-8(2)12(14(18)20-4)16-13(17)9-5-6-10(15)11(7-9)19-3/h5-8,12H,1-4H3,(H,16,17). The summed E-state index contributed by atoms with van der Waals surface area (Å²) in [5.74, 6) is -1.74. The van der Waals surface area contributed by atoms with Crippen LogP contribution in [0.5, 0.6) is 5.75 Å². The monoisotopic (exact) mass is 283 g/mol. The molecule has 1 rings (SSSR count). The minimum atomic E-state index is -0.761. The molecule has 0 aliphatic rings. The number of esters is 1. The number of nitrogens with one attached hydrogen (secondary N) is 1. The third-order valence-corrected chi connectivity index (χ3v) is 2.82. The highest BCUT2D eigenvalue weighted by molar-refractivity contribution is 5.97. The van der Waals surface area contributed by atoms with Crippen LogP contribution < -0.4 is 10.1 Å². The van der Waals surface area contributed by atoms with Gasteiger partial charge in [-0.2, -0.15) is 0 Å². The highest BCUT2D eigenvalue weighted by Crippen LogP contribution is 2.18. The first-order chi connectivity index (χ1) is 9.40. The normalized spacial score (nSPS) is 11.9. The van der Waals surface area contributed by atoms with Gasteiger partial charge in [0.15, 0.2) is 11.6 Å². The van der Waals surface area contributed by atoms with E-state index in [0.717, 1.165) is 6.07 Å². The molecule has 6 heteroatoms. The zero-order valence-corrected chi connectivity index (χ0v) is 11.9. The van der Waals surface area contributed by atoms with Gasteiger partial charge in [0.2, 0.25) is 0 Å². The largest absolute Gasteiger partial charge is 0.494 e. The summed E-state index contributed by atoms with van der Waals surface area (Å²) in [4.78, 5) is 23.6. The van der Waals surface area contributed by atoms with E-state index in [-0.39, 0.29) is 17.2 Å². The van der Waals surface area contributed by atoms with Crippen LogP contribution in [0.1, 0.15) is 24.2 Å². The number of rotatable bonds is 5. The molecule has 1 unspecified atom stereocenters. The molecule has 0 fully saturated rings. The van der Waals surface area contributed by atoms with Crippen LogP contribution >= 0.6 is 0 Å². The molecule has 0 heterocycles. The highest BCUT2D eigenvalue weighted by atomic mass is 19.1.